The number of hydrogen-bond donors (Lipinski definition) is 0. The molecule has 0 spiro atoms. The van der Waals surface area contributed by atoms with E-state index in [0.717, 1.165) is 17.7 Å². The number of aromatic nitrogens is 1. The molecule has 0 atom stereocenters. The molecule has 1 aromatic heterocycles. The minimum atomic E-state index is 0.0435. The maximum atomic E-state index is 12.0. The Morgan fingerprint density at radius 1 is 1.19 bits per heavy atom. The van der Waals surface area contributed by atoms with Gasteiger partial charge in [0.15, 0.2) is 0 Å². The highest BCUT2D eigenvalue weighted by Gasteiger charge is 2.22. The van der Waals surface area contributed by atoms with Gasteiger partial charge in [0.2, 0.25) is 0 Å². The summed E-state index contributed by atoms with van der Waals surface area (Å²) in [6.45, 7) is 2.76. The zero-order valence-corrected chi connectivity index (χ0v) is 12.2. The molecule has 1 amide bonds. The second kappa shape index (κ2) is 5.41. The Morgan fingerprint density at radius 2 is 2.05 bits per heavy atom. The molecule has 104 valence electrons. The van der Waals surface area contributed by atoms with E-state index in [2.05, 4.69) is 16.8 Å². The van der Waals surface area contributed by atoms with Gasteiger partial charge in [0, 0.05) is 25.6 Å². The minimum Gasteiger partial charge on any atom is -0.341 e. The van der Waals surface area contributed by atoms with Crippen LogP contribution in [-0.4, -0.2) is 29.4 Å². The molecule has 3 nitrogen and oxygen atoms in total. The third-order valence-corrected chi connectivity index (χ3v) is 3.59. The predicted molar refractivity (Wildman–Crippen MR) is 82.1 cm³/mol. The SMILES string of the molecule is Cc1cccc(C#Cc2ccc3c(n2)CCN(C)C3=O)c1. The lowest BCUT2D eigenvalue weighted by Gasteiger charge is -2.23. The summed E-state index contributed by atoms with van der Waals surface area (Å²) in [5, 5.41) is 0. The number of likely N-dealkylation sites (N-methyl/N-ethyl adjacent to an activating group) is 1. The van der Waals surface area contributed by atoms with E-state index in [1.54, 1.807) is 4.90 Å². The van der Waals surface area contributed by atoms with Crippen molar-refractivity contribution in [1.82, 2.24) is 9.88 Å². The van der Waals surface area contributed by atoms with Crippen LogP contribution < -0.4 is 0 Å². The van der Waals surface area contributed by atoms with E-state index in [1.165, 1.54) is 5.56 Å². The summed E-state index contributed by atoms with van der Waals surface area (Å²) in [5.41, 5.74) is 4.44. The molecule has 1 aromatic carbocycles. The fourth-order valence-electron chi connectivity index (χ4n) is 2.40. The number of nitrogens with zero attached hydrogens (tertiary/aromatic N) is 2. The van der Waals surface area contributed by atoms with Gasteiger partial charge >= 0.3 is 0 Å². The Hall–Kier alpha value is -2.60. The van der Waals surface area contributed by atoms with Gasteiger partial charge < -0.3 is 4.90 Å². The monoisotopic (exact) mass is 276 g/mol. The molecule has 0 N–H and O–H groups in total. The Morgan fingerprint density at radius 3 is 2.86 bits per heavy atom. The van der Waals surface area contributed by atoms with Gasteiger partial charge in [-0.1, -0.05) is 18.1 Å². The first-order valence-corrected chi connectivity index (χ1v) is 6.97. The van der Waals surface area contributed by atoms with E-state index < -0.39 is 0 Å². The smallest absolute Gasteiger partial charge is 0.255 e. The largest absolute Gasteiger partial charge is 0.341 e. The van der Waals surface area contributed by atoms with Crippen molar-refractivity contribution in [3.8, 4) is 11.8 Å². The van der Waals surface area contributed by atoms with E-state index in [9.17, 15) is 4.79 Å². The zero-order chi connectivity index (χ0) is 14.8. The van der Waals surface area contributed by atoms with Crippen molar-refractivity contribution in [1.29, 1.82) is 0 Å². The molecule has 0 unspecified atom stereocenters. The lowest BCUT2D eigenvalue weighted by atomic mass is 10.0. The predicted octanol–water partition coefficient (Wildman–Crippen LogP) is 2.42. The number of aryl methyl sites for hydroxylation is 1. The molecular weight excluding hydrogens is 260 g/mol. The Bertz CT molecular complexity index is 768. The van der Waals surface area contributed by atoms with Crippen molar-refractivity contribution in [3.05, 3.63) is 64.5 Å². The lowest BCUT2D eigenvalue weighted by molar-refractivity contribution is 0.0779. The van der Waals surface area contributed by atoms with Gasteiger partial charge in [-0.15, -0.1) is 0 Å². The van der Waals surface area contributed by atoms with E-state index in [-0.39, 0.29) is 5.91 Å². The zero-order valence-electron chi connectivity index (χ0n) is 12.2. The average molecular weight is 276 g/mol. The standard InChI is InChI=1S/C18H16N2O/c1-13-4-3-5-14(12-13)6-7-15-8-9-16-17(19-15)10-11-20(2)18(16)21/h3-5,8-9,12H,10-11H2,1-2H3. The van der Waals surface area contributed by atoms with Gasteiger partial charge in [0.05, 0.1) is 11.3 Å². The van der Waals surface area contributed by atoms with Crippen LogP contribution in [0.2, 0.25) is 0 Å². The first kappa shape index (κ1) is 13.4. The molecule has 21 heavy (non-hydrogen) atoms. The number of carbonyl (C=O) groups is 1. The van der Waals surface area contributed by atoms with Gasteiger partial charge in [-0.05, 0) is 42.7 Å². The summed E-state index contributed by atoms with van der Waals surface area (Å²) >= 11 is 0. The van der Waals surface area contributed by atoms with Crippen LogP contribution in [-0.2, 0) is 6.42 Å². The van der Waals surface area contributed by atoms with Crippen LogP contribution in [0.3, 0.4) is 0 Å². The summed E-state index contributed by atoms with van der Waals surface area (Å²) in [6, 6.07) is 11.7. The molecule has 0 fully saturated rings. The molecule has 1 aliphatic rings. The average Bonchev–Trinajstić information content (AvgIpc) is 2.49. The molecule has 0 saturated carbocycles. The molecule has 0 aliphatic carbocycles. The van der Waals surface area contributed by atoms with Crippen molar-refractivity contribution < 1.29 is 4.79 Å². The third-order valence-electron chi connectivity index (χ3n) is 3.59. The van der Waals surface area contributed by atoms with Crippen molar-refractivity contribution in [2.24, 2.45) is 0 Å². The van der Waals surface area contributed by atoms with E-state index in [0.29, 0.717) is 17.8 Å². The lowest BCUT2D eigenvalue weighted by Crippen LogP contribution is -2.34. The van der Waals surface area contributed by atoms with Crippen molar-refractivity contribution >= 4 is 5.91 Å². The highest BCUT2D eigenvalue weighted by Crippen LogP contribution is 2.16. The number of carbonyl (C=O) groups excluding carboxylic acids is 1. The Labute approximate surface area is 124 Å². The van der Waals surface area contributed by atoms with Crippen LogP contribution in [0.5, 0.6) is 0 Å². The molecule has 0 radical (unpaired) electrons. The summed E-state index contributed by atoms with van der Waals surface area (Å²) in [7, 11) is 1.82. The van der Waals surface area contributed by atoms with E-state index in [1.807, 2.05) is 50.4 Å². The molecule has 2 aromatic rings. The maximum Gasteiger partial charge on any atom is 0.255 e. The van der Waals surface area contributed by atoms with Crippen LogP contribution in [0.15, 0.2) is 36.4 Å². The number of rotatable bonds is 0. The minimum absolute atomic E-state index is 0.0435. The van der Waals surface area contributed by atoms with Crippen LogP contribution >= 0.6 is 0 Å². The Kier molecular flexibility index (Phi) is 3.45. The number of pyridine rings is 1. The second-order valence-electron chi connectivity index (χ2n) is 5.29. The number of benzene rings is 1. The van der Waals surface area contributed by atoms with Gasteiger partial charge in [-0.25, -0.2) is 4.98 Å². The quantitative estimate of drug-likeness (QED) is 0.692. The van der Waals surface area contributed by atoms with Gasteiger partial charge in [-0.2, -0.15) is 0 Å². The normalized spacial score (nSPS) is 13.4. The maximum absolute atomic E-state index is 12.0. The van der Waals surface area contributed by atoms with Crippen molar-refractivity contribution in [2.75, 3.05) is 13.6 Å². The van der Waals surface area contributed by atoms with Crippen LogP contribution in [0.25, 0.3) is 0 Å². The molecule has 1 aliphatic heterocycles. The summed E-state index contributed by atoms with van der Waals surface area (Å²) < 4.78 is 0. The van der Waals surface area contributed by atoms with E-state index >= 15 is 0 Å². The number of amides is 1. The first-order chi connectivity index (χ1) is 10.1. The summed E-state index contributed by atoms with van der Waals surface area (Å²) in [6.07, 6.45) is 0.789. The number of hydrogen-bond acceptors (Lipinski definition) is 2. The number of fused-ring (bicyclic) bond motifs is 1. The fourth-order valence-corrected chi connectivity index (χ4v) is 2.40. The molecular formula is C18H16N2O. The first-order valence-electron chi connectivity index (χ1n) is 6.97. The molecule has 0 bridgehead atoms. The van der Waals surface area contributed by atoms with Gasteiger partial charge in [0.25, 0.3) is 5.91 Å². The highest BCUT2D eigenvalue weighted by molar-refractivity contribution is 5.96. The van der Waals surface area contributed by atoms with Gasteiger partial charge in [-0.3, -0.25) is 4.79 Å². The topological polar surface area (TPSA) is 33.2 Å². The third kappa shape index (κ3) is 2.80. The summed E-state index contributed by atoms with van der Waals surface area (Å²) in [4.78, 5) is 18.2. The molecule has 3 rings (SSSR count). The highest BCUT2D eigenvalue weighted by atomic mass is 16.2. The van der Waals surface area contributed by atoms with Crippen molar-refractivity contribution in [2.45, 2.75) is 13.3 Å². The molecule has 3 heteroatoms. The van der Waals surface area contributed by atoms with Crippen molar-refractivity contribution in [3.63, 3.8) is 0 Å². The summed E-state index contributed by atoms with van der Waals surface area (Å²) in [5.74, 6) is 6.24. The van der Waals surface area contributed by atoms with Crippen LogP contribution in [0.4, 0.5) is 0 Å². The molecule has 0 saturated heterocycles. The van der Waals surface area contributed by atoms with Gasteiger partial charge in [0.1, 0.15) is 5.69 Å². The Balaban J connectivity index is 1.91. The second-order valence-corrected chi connectivity index (χ2v) is 5.29. The van der Waals surface area contributed by atoms with E-state index in [4.69, 9.17) is 0 Å². The van der Waals surface area contributed by atoms with Crippen LogP contribution in [0, 0.1) is 18.8 Å². The van der Waals surface area contributed by atoms with Crippen LogP contribution in [0.1, 0.15) is 32.9 Å². The molecule has 2 heterocycles. The fraction of sp³-hybridized carbons (Fsp3) is 0.222.